The molecule has 4 N–H and O–H groups in total. The Kier molecular flexibility index (Phi) is 2.70. The van der Waals surface area contributed by atoms with Crippen LogP contribution in [0.25, 0.3) is 0 Å². The molecule has 0 aliphatic heterocycles. The summed E-state index contributed by atoms with van der Waals surface area (Å²) in [7, 11) is 0. The van der Waals surface area contributed by atoms with E-state index in [-0.39, 0.29) is 16.9 Å². The fourth-order valence-corrected chi connectivity index (χ4v) is 3.72. The summed E-state index contributed by atoms with van der Waals surface area (Å²) in [5, 5.41) is 0. The second kappa shape index (κ2) is 4.10. The first-order valence-corrected chi connectivity index (χ1v) is 7.10. The first-order valence-electron chi connectivity index (χ1n) is 7.10. The largest absolute Gasteiger partial charge is 0.399 e. The lowest BCUT2D eigenvalue weighted by Crippen LogP contribution is -2.48. The maximum Gasteiger partial charge on any atom is 0.0337 e. The zero-order valence-corrected chi connectivity index (χ0v) is 12.4. The number of rotatable bonds is 1. The Bertz CT molecular complexity index is 643. The van der Waals surface area contributed by atoms with Crippen LogP contribution in [0.4, 0.5) is 5.69 Å². The number of fused-ring (bicyclic) bond motifs is 1. The van der Waals surface area contributed by atoms with Gasteiger partial charge in [0.25, 0.3) is 0 Å². The molecular formula is C18H22N2. The highest BCUT2D eigenvalue weighted by molar-refractivity contribution is 5.56. The van der Waals surface area contributed by atoms with Crippen molar-refractivity contribution in [3.63, 3.8) is 0 Å². The van der Waals surface area contributed by atoms with Gasteiger partial charge in [0.1, 0.15) is 0 Å². The summed E-state index contributed by atoms with van der Waals surface area (Å²) in [5.74, 6) is 0. The van der Waals surface area contributed by atoms with Gasteiger partial charge in [0.2, 0.25) is 0 Å². The standard InChI is InChI=1S/C18H22N2/c1-17(2)14-6-4-5-7-15(14)18(3,16(17)20)12-8-10-13(19)11-9-12/h4-11,16H,19-20H2,1-3H3. The van der Waals surface area contributed by atoms with Crippen molar-refractivity contribution < 1.29 is 0 Å². The second-order valence-electron chi connectivity index (χ2n) is 6.57. The van der Waals surface area contributed by atoms with E-state index >= 15 is 0 Å². The predicted molar refractivity (Wildman–Crippen MR) is 84.8 cm³/mol. The highest BCUT2D eigenvalue weighted by Crippen LogP contribution is 2.51. The molecule has 0 spiro atoms. The van der Waals surface area contributed by atoms with E-state index in [1.807, 2.05) is 12.1 Å². The Morgan fingerprint density at radius 1 is 0.850 bits per heavy atom. The molecule has 1 aliphatic carbocycles. The van der Waals surface area contributed by atoms with Crippen LogP contribution in [0.2, 0.25) is 0 Å². The summed E-state index contributed by atoms with van der Waals surface area (Å²) in [6.07, 6.45) is 0. The van der Waals surface area contributed by atoms with Gasteiger partial charge in [-0.15, -0.1) is 0 Å². The molecule has 2 heteroatoms. The Balaban J connectivity index is 2.25. The topological polar surface area (TPSA) is 52.0 Å². The number of nitrogen functional groups attached to an aromatic ring is 1. The van der Waals surface area contributed by atoms with Gasteiger partial charge in [0, 0.05) is 22.6 Å². The molecule has 20 heavy (non-hydrogen) atoms. The number of hydrogen-bond donors (Lipinski definition) is 2. The van der Waals surface area contributed by atoms with Crippen molar-refractivity contribution >= 4 is 5.69 Å². The lowest BCUT2D eigenvalue weighted by Gasteiger charge is -2.36. The number of anilines is 1. The smallest absolute Gasteiger partial charge is 0.0337 e. The predicted octanol–water partition coefficient (Wildman–Crippen LogP) is 3.19. The molecule has 0 saturated heterocycles. The molecule has 0 amide bonds. The molecule has 0 heterocycles. The first kappa shape index (κ1) is 13.2. The van der Waals surface area contributed by atoms with Gasteiger partial charge in [-0.1, -0.05) is 50.2 Å². The Hall–Kier alpha value is -1.80. The zero-order valence-electron chi connectivity index (χ0n) is 12.4. The van der Waals surface area contributed by atoms with Crippen molar-refractivity contribution in [1.29, 1.82) is 0 Å². The molecule has 2 unspecified atom stereocenters. The molecular weight excluding hydrogens is 244 g/mol. The van der Waals surface area contributed by atoms with Crippen LogP contribution in [0.5, 0.6) is 0 Å². The number of benzene rings is 2. The third-order valence-electron chi connectivity index (χ3n) is 5.09. The van der Waals surface area contributed by atoms with Crippen molar-refractivity contribution in [2.75, 3.05) is 5.73 Å². The molecule has 2 nitrogen and oxygen atoms in total. The maximum atomic E-state index is 6.68. The molecule has 0 fully saturated rings. The van der Waals surface area contributed by atoms with Gasteiger partial charge in [0.05, 0.1) is 0 Å². The van der Waals surface area contributed by atoms with Crippen molar-refractivity contribution in [2.45, 2.75) is 37.6 Å². The summed E-state index contributed by atoms with van der Waals surface area (Å²) in [4.78, 5) is 0. The highest BCUT2D eigenvalue weighted by atomic mass is 14.8. The highest BCUT2D eigenvalue weighted by Gasteiger charge is 2.52. The van der Waals surface area contributed by atoms with Gasteiger partial charge >= 0.3 is 0 Å². The van der Waals surface area contributed by atoms with Crippen LogP contribution >= 0.6 is 0 Å². The minimum absolute atomic E-state index is 0.0350. The number of hydrogen-bond acceptors (Lipinski definition) is 2. The summed E-state index contributed by atoms with van der Waals surface area (Å²) in [5.41, 5.74) is 17.0. The first-order chi connectivity index (χ1) is 9.38. The third-order valence-corrected chi connectivity index (χ3v) is 5.09. The van der Waals surface area contributed by atoms with E-state index in [1.54, 1.807) is 0 Å². The van der Waals surface area contributed by atoms with Crippen molar-refractivity contribution in [3.05, 3.63) is 65.2 Å². The van der Waals surface area contributed by atoms with Crippen LogP contribution in [0, 0.1) is 0 Å². The Labute approximate surface area is 120 Å². The minimum Gasteiger partial charge on any atom is -0.399 e. The van der Waals surface area contributed by atoms with E-state index in [1.165, 1.54) is 16.7 Å². The molecule has 2 atom stereocenters. The molecule has 1 aliphatic rings. The van der Waals surface area contributed by atoms with Crippen LogP contribution < -0.4 is 11.5 Å². The van der Waals surface area contributed by atoms with E-state index in [9.17, 15) is 0 Å². The molecule has 2 aromatic carbocycles. The average Bonchev–Trinajstić information content (AvgIpc) is 2.60. The molecule has 104 valence electrons. The molecule has 3 rings (SSSR count). The average molecular weight is 266 g/mol. The van der Waals surface area contributed by atoms with Crippen LogP contribution in [-0.4, -0.2) is 6.04 Å². The van der Waals surface area contributed by atoms with Crippen LogP contribution in [-0.2, 0) is 10.8 Å². The van der Waals surface area contributed by atoms with Crippen LogP contribution in [0.1, 0.15) is 37.5 Å². The fourth-order valence-electron chi connectivity index (χ4n) is 3.72. The Morgan fingerprint density at radius 2 is 1.40 bits per heavy atom. The van der Waals surface area contributed by atoms with Crippen molar-refractivity contribution in [2.24, 2.45) is 5.73 Å². The quantitative estimate of drug-likeness (QED) is 0.779. The van der Waals surface area contributed by atoms with Crippen LogP contribution in [0.3, 0.4) is 0 Å². The zero-order chi connectivity index (χ0) is 14.5. The van der Waals surface area contributed by atoms with E-state index in [0.29, 0.717) is 0 Å². The minimum atomic E-state index is -0.173. The SMILES string of the molecule is CC1(C)c2ccccc2C(C)(c2ccc(N)cc2)C1N. The van der Waals surface area contributed by atoms with E-state index in [0.717, 1.165) is 5.69 Å². The summed E-state index contributed by atoms with van der Waals surface area (Å²) in [6.45, 7) is 6.72. The lowest BCUT2D eigenvalue weighted by atomic mass is 9.71. The van der Waals surface area contributed by atoms with E-state index < -0.39 is 0 Å². The number of nitrogens with two attached hydrogens (primary N) is 2. The summed E-state index contributed by atoms with van der Waals surface area (Å²) in [6, 6.07) is 16.8. The van der Waals surface area contributed by atoms with Gasteiger partial charge in [0.15, 0.2) is 0 Å². The third kappa shape index (κ3) is 1.55. The fraction of sp³-hybridized carbons (Fsp3) is 0.333. The molecule has 0 radical (unpaired) electrons. The Morgan fingerprint density at radius 3 is 2.00 bits per heavy atom. The van der Waals surface area contributed by atoms with Gasteiger partial charge < -0.3 is 11.5 Å². The molecule has 0 aromatic heterocycles. The lowest BCUT2D eigenvalue weighted by molar-refractivity contribution is 0.350. The molecule has 0 bridgehead atoms. The van der Waals surface area contributed by atoms with Crippen molar-refractivity contribution in [3.8, 4) is 0 Å². The summed E-state index contributed by atoms with van der Waals surface area (Å²) < 4.78 is 0. The van der Waals surface area contributed by atoms with Gasteiger partial charge in [-0.2, -0.15) is 0 Å². The van der Waals surface area contributed by atoms with E-state index in [2.05, 4.69) is 57.2 Å². The second-order valence-corrected chi connectivity index (χ2v) is 6.57. The van der Waals surface area contributed by atoms with Gasteiger partial charge in [-0.3, -0.25) is 0 Å². The van der Waals surface area contributed by atoms with Gasteiger partial charge in [-0.05, 0) is 35.7 Å². The summed E-state index contributed by atoms with van der Waals surface area (Å²) >= 11 is 0. The van der Waals surface area contributed by atoms with Gasteiger partial charge in [-0.25, -0.2) is 0 Å². The maximum absolute atomic E-state index is 6.68. The van der Waals surface area contributed by atoms with Crippen LogP contribution in [0.15, 0.2) is 48.5 Å². The normalized spacial score (nSPS) is 27.3. The van der Waals surface area contributed by atoms with E-state index in [4.69, 9.17) is 11.5 Å². The molecule has 2 aromatic rings. The van der Waals surface area contributed by atoms with Crippen molar-refractivity contribution in [1.82, 2.24) is 0 Å². The monoisotopic (exact) mass is 266 g/mol. The molecule has 0 saturated carbocycles.